The number of rotatable bonds is 8. The lowest BCUT2D eigenvalue weighted by molar-refractivity contribution is 0.508. The fourth-order valence-electron chi connectivity index (χ4n) is 2.01. The lowest BCUT2D eigenvalue weighted by Gasteiger charge is -2.18. The maximum Gasteiger partial charge on any atom is 0.293 e. The van der Waals surface area contributed by atoms with Crippen LogP contribution in [0.1, 0.15) is 33.1 Å². The number of nitrogens with zero attached hydrogens (tertiary/aromatic N) is 3. The normalized spacial score (nSPS) is 11.0. The Hall–Kier alpha value is -1.36. The van der Waals surface area contributed by atoms with Crippen LogP contribution in [-0.2, 0) is 6.54 Å². The Morgan fingerprint density at radius 3 is 2.74 bits per heavy atom. The molecular weight excluding hydrogens is 240 g/mol. The van der Waals surface area contributed by atoms with Crippen molar-refractivity contribution >= 4 is 5.82 Å². The third-order valence-electron chi connectivity index (χ3n) is 3.02. The van der Waals surface area contributed by atoms with Crippen LogP contribution >= 0.6 is 0 Å². The molecule has 0 radical (unpaired) electrons. The first-order valence-electron chi connectivity index (χ1n) is 7.03. The molecule has 0 saturated carbocycles. The van der Waals surface area contributed by atoms with Crippen LogP contribution in [-0.4, -0.2) is 29.7 Å². The average molecular weight is 266 g/mol. The Labute approximate surface area is 115 Å². The van der Waals surface area contributed by atoms with E-state index in [0.717, 1.165) is 38.9 Å². The molecule has 0 bridgehead atoms. The highest BCUT2D eigenvalue weighted by atomic mass is 16.1. The minimum atomic E-state index is -0.00229. The van der Waals surface area contributed by atoms with Gasteiger partial charge in [0.1, 0.15) is 0 Å². The van der Waals surface area contributed by atoms with Crippen LogP contribution in [0.15, 0.2) is 17.2 Å². The summed E-state index contributed by atoms with van der Waals surface area (Å²) in [6, 6.07) is 0. The van der Waals surface area contributed by atoms with Gasteiger partial charge in [-0.15, -0.1) is 0 Å². The van der Waals surface area contributed by atoms with Gasteiger partial charge in [-0.3, -0.25) is 4.79 Å². The second-order valence-corrected chi connectivity index (χ2v) is 5.37. The molecule has 0 aliphatic heterocycles. The topological polar surface area (TPSA) is 64.2 Å². The fourth-order valence-corrected chi connectivity index (χ4v) is 2.01. The van der Waals surface area contributed by atoms with E-state index in [9.17, 15) is 4.79 Å². The van der Waals surface area contributed by atoms with Crippen molar-refractivity contribution in [3.8, 4) is 0 Å². The molecule has 1 heterocycles. The second kappa shape index (κ2) is 7.94. The highest BCUT2D eigenvalue weighted by Gasteiger charge is 2.10. The van der Waals surface area contributed by atoms with Gasteiger partial charge in [-0.1, -0.05) is 20.3 Å². The van der Waals surface area contributed by atoms with Gasteiger partial charge in [-0.05, 0) is 25.3 Å². The largest absolute Gasteiger partial charge is 0.355 e. The van der Waals surface area contributed by atoms with Gasteiger partial charge in [0.15, 0.2) is 5.82 Å². The summed E-state index contributed by atoms with van der Waals surface area (Å²) in [4.78, 5) is 18.4. The van der Waals surface area contributed by atoms with Crippen LogP contribution in [0.2, 0.25) is 0 Å². The van der Waals surface area contributed by atoms with Crippen molar-refractivity contribution in [3.05, 3.63) is 22.7 Å². The zero-order chi connectivity index (χ0) is 14.3. The van der Waals surface area contributed by atoms with Crippen molar-refractivity contribution in [2.75, 3.05) is 25.0 Å². The van der Waals surface area contributed by atoms with E-state index in [0.29, 0.717) is 11.7 Å². The molecule has 0 aliphatic carbocycles. The summed E-state index contributed by atoms with van der Waals surface area (Å²) in [5.41, 5.74) is 5.47. The molecule has 5 heteroatoms. The van der Waals surface area contributed by atoms with Crippen molar-refractivity contribution in [3.63, 3.8) is 0 Å². The summed E-state index contributed by atoms with van der Waals surface area (Å²) in [5, 5.41) is 0. The predicted molar refractivity (Wildman–Crippen MR) is 79.5 cm³/mol. The summed E-state index contributed by atoms with van der Waals surface area (Å²) < 4.78 is 1.74. The minimum absolute atomic E-state index is 0.00229. The van der Waals surface area contributed by atoms with Crippen LogP contribution in [0.4, 0.5) is 5.82 Å². The smallest absolute Gasteiger partial charge is 0.293 e. The second-order valence-electron chi connectivity index (χ2n) is 5.37. The van der Waals surface area contributed by atoms with Gasteiger partial charge in [0.25, 0.3) is 5.56 Å². The molecule has 0 aliphatic rings. The van der Waals surface area contributed by atoms with Gasteiger partial charge in [0.05, 0.1) is 0 Å². The van der Waals surface area contributed by atoms with E-state index in [1.807, 2.05) is 11.9 Å². The first-order chi connectivity index (χ1) is 9.06. The van der Waals surface area contributed by atoms with E-state index in [-0.39, 0.29) is 5.56 Å². The molecule has 1 aromatic heterocycles. The van der Waals surface area contributed by atoms with Crippen LogP contribution in [0.3, 0.4) is 0 Å². The fraction of sp³-hybridized carbons (Fsp3) is 0.714. The van der Waals surface area contributed by atoms with Gasteiger partial charge in [0, 0.05) is 32.5 Å². The highest BCUT2D eigenvalue weighted by Crippen LogP contribution is 2.05. The average Bonchev–Trinajstić information content (AvgIpc) is 2.36. The van der Waals surface area contributed by atoms with Crippen molar-refractivity contribution in [1.29, 1.82) is 0 Å². The van der Waals surface area contributed by atoms with Crippen molar-refractivity contribution in [2.45, 2.75) is 39.7 Å². The number of anilines is 1. The number of hydrogen-bond donors (Lipinski definition) is 1. The predicted octanol–water partition coefficient (Wildman–Crippen LogP) is 1.46. The molecule has 19 heavy (non-hydrogen) atoms. The van der Waals surface area contributed by atoms with Gasteiger partial charge >= 0.3 is 0 Å². The molecule has 0 atom stereocenters. The lowest BCUT2D eigenvalue weighted by Crippen LogP contribution is -2.32. The molecule has 1 aromatic rings. The van der Waals surface area contributed by atoms with Gasteiger partial charge in [-0.2, -0.15) is 0 Å². The number of hydrogen-bond acceptors (Lipinski definition) is 4. The highest BCUT2D eigenvalue weighted by molar-refractivity contribution is 5.34. The molecule has 108 valence electrons. The molecule has 0 amide bonds. The first-order valence-corrected chi connectivity index (χ1v) is 7.03. The SMILES string of the molecule is CC(C)Cn1ccnc(N(C)CCCCCN)c1=O. The maximum absolute atomic E-state index is 12.3. The third-order valence-corrected chi connectivity index (χ3v) is 3.02. The Bertz CT molecular complexity index is 428. The third kappa shape index (κ3) is 5.03. The molecule has 5 nitrogen and oxygen atoms in total. The molecule has 0 fully saturated rings. The van der Waals surface area contributed by atoms with Crippen molar-refractivity contribution in [2.24, 2.45) is 11.7 Å². The zero-order valence-corrected chi connectivity index (χ0v) is 12.3. The van der Waals surface area contributed by atoms with E-state index >= 15 is 0 Å². The van der Waals surface area contributed by atoms with Gasteiger partial charge < -0.3 is 15.2 Å². The maximum atomic E-state index is 12.3. The van der Waals surface area contributed by atoms with E-state index in [1.165, 1.54) is 0 Å². The molecule has 2 N–H and O–H groups in total. The number of aromatic nitrogens is 2. The summed E-state index contributed by atoms with van der Waals surface area (Å²) in [6.45, 7) is 6.50. The number of nitrogens with two attached hydrogens (primary N) is 1. The Morgan fingerprint density at radius 1 is 1.37 bits per heavy atom. The van der Waals surface area contributed by atoms with Gasteiger partial charge in [0.2, 0.25) is 0 Å². The van der Waals surface area contributed by atoms with E-state index in [2.05, 4.69) is 18.8 Å². The molecule has 0 spiro atoms. The van der Waals surface area contributed by atoms with E-state index < -0.39 is 0 Å². The molecule has 0 unspecified atom stereocenters. The molecule has 0 aromatic carbocycles. The lowest BCUT2D eigenvalue weighted by atomic mass is 10.2. The quantitative estimate of drug-likeness (QED) is 0.724. The number of unbranched alkanes of at least 4 members (excludes halogenated alkanes) is 2. The van der Waals surface area contributed by atoms with Crippen molar-refractivity contribution in [1.82, 2.24) is 9.55 Å². The van der Waals surface area contributed by atoms with Crippen LogP contribution in [0.25, 0.3) is 0 Å². The molecule has 0 saturated heterocycles. The molecule has 1 rings (SSSR count). The monoisotopic (exact) mass is 266 g/mol. The minimum Gasteiger partial charge on any atom is -0.355 e. The summed E-state index contributed by atoms with van der Waals surface area (Å²) in [7, 11) is 1.92. The van der Waals surface area contributed by atoms with Gasteiger partial charge in [-0.25, -0.2) is 4.98 Å². The van der Waals surface area contributed by atoms with E-state index in [4.69, 9.17) is 5.73 Å². The zero-order valence-electron chi connectivity index (χ0n) is 12.3. The van der Waals surface area contributed by atoms with Crippen molar-refractivity contribution < 1.29 is 0 Å². The standard InChI is InChI=1S/C14H26N4O/c1-12(2)11-18-10-8-16-13(14(18)19)17(3)9-6-4-5-7-15/h8,10,12H,4-7,9,11,15H2,1-3H3. The molecular formula is C14H26N4O. The van der Waals surface area contributed by atoms with E-state index in [1.54, 1.807) is 17.0 Å². The van der Waals surface area contributed by atoms with Crippen LogP contribution < -0.4 is 16.2 Å². The summed E-state index contributed by atoms with van der Waals surface area (Å²) in [5.74, 6) is 0.985. The summed E-state index contributed by atoms with van der Waals surface area (Å²) >= 11 is 0. The summed E-state index contributed by atoms with van der Waals surface area (Å²) in [6.07, 6.45) is 6.62. The Morgan fingerprint density at radius 2 is 2.11 bits per heavy atom. The van der Waals surface area contributed by atoms with Crippen LogP contribution in [0, 0.1) is 5.92 Å². The Kier molecular flexibility index (Phi) is 6.56. The first kappa shape index (κ1) is 15.7. The van der Waals surface area contributed by atoms with Crippen LogP contribution in [0.5, 0.6) is 0 Å². The Balaban J connectivity index is 2.69.